The summed E-state index contributed by atoms with van der Waals surface area (Å²) in [4.78, 5) is 37.1. The number of hydrogen-bond donors (Lipinski definition) is 2. The molecule has 0 unspecified atom stereocenters. The van der Waals surface area contributed by atoms with Crippen LogP contribution in [-0.2, 0) is 0 Å². The highest BCUT2D eigenvalue weighted by Gasteiger charge is 2.23. The van der Waals surface area contributed by atoms with E-state index in [0.717, 1.165) is 44.5 Å². The first kappa shape index (κ1) is 19.3. The number of hydrogen-bond acceptors (Lipinski definition) is 5. The molecule has 1 heterocycles. The van der Waals surface area contributed by atoms with E-state index in [9.17, 15) is 24.1 Å². The summed E-state index contributed by atoms with van der Waals surface area (Å²) in [5.41, 5.74) is 4.95. The van der Waals surface area contributed by atoms with E-state index >= 15 is 0 Å². The van der Waals surface area contributed by atoms with Crippen LogP contribution in [-0.4, -0.2) is 29.8 Å². The quantitative estimate of drug-likeness (QED) is 0.621. The molecule has 0 aliphatic carbocycles. The summed E-state index contributed by atoms with van der Waals surface area (Å²) < 4.78 is 12.9. The van der Waals surface area contributed by atoms with E-state index in [1.807, 2.05) is 4.90 Å². The molecule has 2 aromatic carbocycles. The average molecular weight is 386 g/mol. The molecule has 0 atom stereocenters. The first-order valence-electron chi connectivity index (χ1n) is 8.85. The van der Waals surface area contributed by atoms with E-state index in [4.69, 9.17) is 0 Å². The van der Waals surface area contributed by atoms with Crippen LogP contribution in [0.1, 0.15) is 40.0 Å². The number of halogens is 1. The van der Waals surface area contributed by atoms with Crippen LogP contribution in [0.5, 0.6) is 0 Å². The third-order valence-electron chi connectivity index (χ3n) is 4.53. The predicted octanol–water partition coefficient (Wildman–Crippen LogP) is 2.80. The summed E-state index contributed by atoms with van der Waals surface area (Å²) in [6, 6.07) is 9.03. The van der Waals surface area contributed by atoms with E-state index in [0.29, 0.717) is 5.69 Å². The van der Waals surface area contributed by atoms with Gasteiger partial charge in [-0.3, -0.25) is 30.6 Å². The minimum absolute atomic E-state index is 0.0480. The van der Waals surface area contributed by atoms with Gasteiger partial charge >= 0.3 is 0 Å². The van der Waals surface area contributed by atoms with Crippen LogP contribution in [0.25, 0.3) is 0 Å². The molecule has 0 bridgehead atoms. The Kier molecular flexibility index (Phi) is 5.83. The van der Waals surface area contributed by atoms with E-state index in [1.165, 1.54) is 24.3 Å². The Morgan fingerprint density at radius 1 is 0.929 bits per heavy atom. The number of amides is 2. The van der Waals surface area contributed by atoms with Gasteiger partial charge in [0.25, 0.3) is 17.5 Å². The van der Waals surface area contributed by atoms with Crippen LogP contribution in [0.15, 0.2) is 42.5 Å². The van der Waals surface area contributed by atoms with Crippen molar-refractivity contribution in [2.75, 3.05) is 18.0 Å². The summed E-state index contributed by atoms with van der Waals surface area (Å²) in [5, 5.41) is 11.5. The number of hydrazine groups is 1. The minimum Gasteiger partial charge on any atom is -0.366 e. The Bertz CT molecular complexity index is 895. The van der Waals surface area contributed by atoms with Gasteiger partial charge in [-0.25, -0.2) is 4.39 Å². The maximum absolute atomic E-state index is 12.9. The number of piperidine rings is 1. The maximum atomic E-state index is 12.9. The molecule has 1 saturated heterocycles. The molecule has 3 rings (SSSR count). The van der Waals surface area contributed by atoms with Crippen LogP contribution >= 0.6 is 0 Å². The molecule has 8 nitrogen and oxygen atoms in total. The Labute approximate surface area is 160 Å². The highest BCUT2D eigenvalue weighted by Crippen LogP contribution is 2.31. The summed E-state index contributed by atoms with van der Waals surface area (Å²) in [5.74, 6) is -1.81. The molecule has 1 aliphatic heterocycles. The van der Waals surface area contributed by atoms with Gasteiger partial charge in [0.15, 0.2) is 0 Å². The standard InChI is InChI=1S/C19H19FN4O4/c20-15-7-4-13(5-8-15)18(25)21-22-19(26)14-6-9-16(17(12-14)24(27)28)23-10-2-1-3-11-23/h4-9,12H,1-3,10-11H2,(H,21,25)(H,22,26). The van der Waals surface area contributed by atoms with Crippen molar-refractivity contribution in [3.8, 4) is 0 Å². The highest BCUT2D eigenvalue weighted by atomic mass is 19.1. The fourth-order valence-electron chi connectivity index (χ4n) is 3.07. The molecular weight excluding hydrogens is 367 g/mol. The number of carbonyl (C=O) groups is 2. The van der Waals surface area contributed by atoms with Crippen molar-refractivity contribution in [2.24, 2.45) is 0 Å². The first-order chi connectivity index (χ1) is 13.5. The van der Waals surface area contributed by atoms with Crippen molar-refractivity contribution >= 4 is 23.2 Å². The molecule has 9 heteroatoms. The molecule has 0 saturated carbocycles. The Balaban J connectivity index is 1.70. The van der Waals surface area contributed by atoms with Crippen molar-refractivity contribution in [2.45, 2.75) is 19.3 Å². The number of nitrogens with one attached hydrogen (secondary N) is 2. The van der Waals surface area contributed by atoms with Gasteiger partial charge in [-0.05, 0) is 55.7 Å². The SMILES string of the molecule is O=C(NNC(=O)c1ccc(N2CCCCC2)c([N+](=O)[O-])c1)c1ccc(F)cc1. The van der Waals surface area contributed by atoms with Gasteiger partial charge in [-0.15, -0.1) is 0 Å². The fraction of sp³-hybridized carbons (Fsp3) is 0.263. The van der Waals surface area contributed by atoms with Gasteiger partial charge in [0, 0.05) is 30.3 Å². The van der Waals surface area contributed by atoms with Crippen LogP contribution < -0.4 is 15.8 Å². The third-order valence-corrected chi connectivity index (χ3v) is 4.53. The number of carbonyl (C=O) groups excluding carboxylic acids is 2. The lowest BCUT2D eigenvalue weighted by Crippen LogP contribution is -2.41. The normalized spacial score (nSPS) is 13.7. The van der Waals surface area contributed by atoms with E-state index in [1.54, 1.807) is 6.07 Å². The van der Waals surface area contributed by atoms with Crippen LogP contribution in [0.3, 0.4) is 0 Å². The molecule has 2 amide bonds. The van der Waals surface area contributed by atoms with Gasteiger partial charge < -0.3 is 4.90 Å². The second-order valence-corrected chi connectivity index (χ2v) is 6.42. The Morgan fingerprint density at radius 3 is 2.11 bits per heavy atom. The number of benzene rings is 2. The summed E-state index contributed by atoms with van der Waals surface area (Å²) >= 11 is 0. The molecular formula is C19H19FN4O4. The number of nitro groups is 1. The number of anilines is 1. The van der Waals surface area contributed by atoms with E-state index < -0.39 is 22.6 Å². The van der Waals surface area contributed by atoms with Gasteiger partial charge in [-0.1, -0.05) is 0 Å². The lowest BCUT2D eigenvalue weighted by atomic mass is 10.1. The highest BCUT2D eigenvalue weighted by molar-refractivity contribution is 5.99. The average Bonchev–Trinajstić information content (AvgIpc) is 2.72. The Morgan fingerprint density at radius 2 is 1.50 bits per heavy atom. The maximum Gasteiger partial charge on any atom is 0.293 e. The van der Waals surface area contributed by atoms with Crippen molar-refractivity contribution in [3.63, 3.8) is 0 Å². The van der Waals surface area contributed by atoms with Crippen LogP contribution in [0.4, 0.5) is 15.8 Å². The van der Waals surface area contributed by atoms with E-state index in [2.05, 4.69) is 10.9 Å². The van der Waals surface area contributed by atoms with Crippen LogP contribution in [0, 0.1) is 15.9 Å². The number of rotatable bonds is 4. The monoisotopic (exact) mass is 386 g/mol. The fourth-order valence-corrected chi connectivity index (χ4v) is 3.07. The summed E-state index contributed by atoms with van der Waals surface area (Å²) in [6.45, 7) is 1.47. The molecule has 0 aromatic heterocycles. The molecule has 2 N–H and O–H groups in total. The summed E-state index contributed by atoms with van der Waals surface area (Å²) in [6.07, 6.45) is 3.03. The van der Waals surface area contributed by atoms with Crippen molar-refractivity contribution in [1.82, 2.24) is 10.9 Å². The lowest BCUT2D eigenvalue weighted by Gasteiger charge is -2.28. The van der Waals surface area contributed by atoms with Gasteiger partial charge in [0.05, 0.1) is 4.92 Å². The Hall–Kier alpha value is -3.49. The zero-order chi connectivity index (χ0) is 20.1. The molecule has 146 valence electrons. The molecule has 0 spiro atoms. The topological polar surface area (TPSA) is 105 Å². The van der Waals surface area contributed by atoms with Crippen molar-refractivity contribution in [1.29, 1.82) is 0 Å². The molecule has 28 heavy (non-hydrogen) atoms. The minimum atomic E-state index is -0.691. The summed E-state index contributed by atoms with van der Waals surface area (Å²) in [7, 11) is 0. The largest absolute Gasteiger partial charge is 0.366 e. The lowest BCUT2D eigenvalue weighted by molar-refractivity contribution is -0.384. The third kappa shape index (κ3) is 4.43. The van der Waals surface area contributed by atoms with Crippen molar-refractivity contribution < 1.29 is 18.9 Å². The zero-order valence-corrected chi connectivity index (χ0v) is 15.0. The van der Waals surface area contributed by atoms with E-state index in [-0.39, 0.29) is 16.8 Å². The van der Waals surface area contributed by atoms with Crippen molar-refractivity contribution in [3.05, 3.63) is 69.5 Å². The van der Waals surface area contributed by atoms with Crippen LogP contribution in [0.2, 0.25) is 0 Å². The van der Waals surface area contributed by atoms with Gasteiger partial charge in [-0.2, -0.15) is 0 Å². The second-order valence-electron chi connectivity index (χ2n) is 6.42. The predicted molar refractivity (Wildman–Crippen MR) is 100 cm³/mol. The van der Waals surface area contributed by atoms with Gasteiger partial charge in [0.2, 0.25) is 0 Å². The number of nitrogens with zero attached hydrogens (tertiary/aromatic N) is 2. The first-order valence-corrected chi connectivity index (χ1v) is 8.85. The second kappa shape index (κ2) is 8.47. The van der Waals surface area contributed by atoms with Gasteiger partial charge in [0.1, 0.15) is 11.5 Å². The molecule has 1 fully saturated rings. The molecule has 2 aromatic rings. The molecule has 1 aliphatic rings. The zero-order valence-electron chi connectivity index (χ0n) is 15.0. The smallest absolute Gasteiger partial charge is 0.293 e. The number of nitro benzene ring substituents is 1. The molecule has 0 radical (unpaired) electrons.